The molecular weight excluding hydrogens is 318 g/mol. The molecule has 0 aliphatic rings. The Balaban J connectivity index is 2.50. The van der Waals surface area contributed by atoms with Gasteiger partial charge >= 0.3 is 6.36 Å². The molecule has 2 aromatic rings. The second-order valence-electron chi connectivity index (χ2n) is 4.33. The van der Waals surface area contributed by atoms with Crippen LogP contribution < -0.4 is 5.06 Å². The summed E-state index contributed by atoms with van der Waals surface area (Å²) in [5.74, 6) is -2.38. The summed E-state index contributed by atoms with van der Waals surface area (Å²) in [5.41, 5.74) is -1.08. The molecule has 0 heterocycles. The van der Waals surface area contributed by atoms with Crippen LogP contribution in [0, 0.1) is 5.82 Å². The number of rotatable bonds is 4. The molecule has 0 saturated carbocycles. The van der Waals surface area contributed by atoms with Gasteiger partial charge in [-0.15, -0.1) is 13.2 Å². The summed E-state index contributed by atoms with van der Waals surface area (Å²) in [6.07, 6.45) is -4.92. The fourth-order valence-corrected chi connectivity index (χ4v) is 1.76. The zero-order chi connectivity index (χ0) is 17.0. The van der Waals surface area contributed by atoms with Gasteiger partial charge in [0.2, 0.25) is 0 Å². The van der Waals surface area contributed by atoms with Crippen molar-refractivity contribution in [1.29, 1.82) is 0 Å². The van der Waals surface area contributed by atoms with Crippen molar-refractivity contribution in [2.45, 2.75) is 6.36 Å². The van der Waals surface area contributed by atoms with Crippen LogP contribution in [-0.4, -0.2) is 18.6 Å². The van der Waals surface area contributed by atoms with Gasteiger partial charge in [-0.2, -0.15) is 9.90 Å². The number of hydroxylamine groups is 1. The average Bonchev–Trinajstić information content (AvgIpc) is 2.52. The van der Waals surface area contributed by atoms with Gasteiger partial charge in [0.1, 0.15) is 17.8 Å². The Morgan fingerprint density at radius 1 is 1.09 bits per heavy atom. The van der Waals surface area contributed by atoms with Gasteiger partial charge in [-0.1, -0.05) is 18.2 Å². The van der Waals surface area contributed by atoms with Crippen molar-refractivity contribution >= 4 is 17.9 Å². The molecule has 1 amide bonds. The van der Waals surface area contributed by atoms with E-state index in [1.807, 2.05) is 0 Å². The number of amides is 1. The number of hydrogen-bond donors (Lipinski definition) is 0. The summed E-state index contributed by atoms with van der Waals surface area (Å²) >= 11 is 0. The zero-order valence-corrected chi connectivity index (χ0v) is 11.4. The van der Waals surface area contributed by atoms with E-state index in [1.54, 1.807) is 6.07 Å². The number of nitrogens with zero attached hydrogens (tertiary/aromatic N) is 1. The first-order chi connectivity index (χ1) is 10.8. The summed E-state index contributed by atoms with van der Waals surface area (Å²) in [4.78, 5) is 26.6. The second-order valence-corrected chi connectivity index (χ2v) is 4.33. The van der Waals surface area contributed by atoms with Crippen molar-refractivity contribution < 1.29 is 32.0 Å². The molecule has 2 aromatic carbocycles. The van der Waals surface area contributed by atoms with E-state index in [0.29, 0.717) is 6.29 Å². The largest absolute Gasteiger partial charge is 0.544 e. The first kappa shape index (κ1) is 16.6. The molecule has 0 unspecified atom stereocenters. The van der Waals surface area contributed by atoms with Crippen molar-refractivity contribution in [1.82, 2.24) is 0 Å². The number of carbonyl (C=O) groups is 2. The highest BCUT2D eigenvalue weighted by Crippen LogP contribution is 2.28. The van der Waals surface area contributed by atoms with E-state index < -0.39 is 23.8 Å². The number of halogens is 4. The summed E-state index contributed by atoms with van der Waals surface area (Å²) in [5, 5.41) is -0.225. The molecule has 120 valence electrons. The number of benzene rings is 2. The molecule has 0 radical (unpaired) electrons. The Labute approximate surface area is 127 Å². The predicted octanol–water partition coefficient (Wildman–Crippen LogP) is 3.74. The van der Waals surface area contributed by atoms with Gasteiger partial charge < -0.3 is 0 Å². The molecule has 8 heteroatoms. The lowest BCUT2D eigenvalue weighted by molar-refractivity contribution is -0.325. The van der Waals surface area contributed by atoms with Crippen LogP contribution in [0.3, 0.4) is 0 Å². The second kappa shape index (κ2) is 6.57. The Morgan fingerprint density at radius 3 is 2.30 bits per heavy atom. The summed E-state index contributed by atoms with van der Waals surface area (Å²) in [6.45, 7) is 0. The maximum absolute atomic E-state index is 13.9. The van der Waals surface area contributed by atoms with Crippen molar-refractivity contribution in [3.05, 3.63) is 65.5 Å². The van der Waals surface area contributed by atoms with Crippen LogP contribution in [0.2, 0.25) is 0 Å². The van der Waals surface area contributed by atoms with Crippen LogP contribution in [-0.2, 0) is 4.84 Å². The van der Waals surface area contributed by atoms with Gasteiger partial charge in [0.15, 0.2) is 0 Å². The van der Waals surface area contributed by atoms with E-state index in [1.165, 1.54) is 24.3 Å². The first-order valence-corrected chi connectivity index (χ1v) is 6.22. The highest BCUT2D eigenvalue weighted by molar-refractivity contribution is 6.05. The smallest absolute Gasteiger partial charge is 0.298 e. The number of hydrogen-bond acceptors (Lipinski definition) is 3. The Bertz CT molecular complexity index is 716. The molecule has 23 heavy (non-hydrogen) atoms. The summed E-state index contributed by atoms with van der Waals surface area (Å²) in [6, 6.07) is 9.52. The molecule has 0 fully saturated rings. The molecule has 0 atom stereocenters. The minimum absolute atomic E-state index is 0.113. The van der Waals surface area contributed by atoms with Crippen LogP contribution in [0.15, 0.2) is 48.5 Å². The Hall–Kier alpha value is -2.74. The number of carbonyl (C=O) groups excluding carboxylic acids is 2. The number of aldehydes is 1. The third kappa shape index (κ3) is 4.13. The minimum atomic E-state index is -5.23. The molecular formula is C15H9F4NO3. The summed E-state index contributed by atoms with van der Waals surface area (Å²) < 4.78 is 51.6. The normalized spacial score (nSPS) is 11.1. The van der Waals surface area contributed by atoms with Crippen molar-refractivity contribution in [2.75, 3.05) is 5.06 Å². The third-order valence-electron chi connectivity index (χ3n) is 2.73. The maximum atomic E-state index is 13.9. The third-order valence-corrected chi connectivity index (χ3v) is 2.73. The molecule has 0 aliphatic carbocycles. The van der Waals surface area contributed by atoms with Gasteiger partial charge in [0.25, 0.3) is 5.91 Å². The Kier molecular flexibility index (Phi) is 4.75. The molecule has 0 N–H and O–H groups in total. The van der Waals surface area contributed by atoms with Gasteiger partial charge in [-0.3, -0.25) is 9.59 Å². The predicted molar refractivity (Wildman–Crippen MR) is 72.2 cm³/mol. The van der Waals surface area contributed by atoms with Crippen LogP contribution in [0.1, 0.15) is 20.7 Å². The van der Waals surface area contributed by atoms with E-state index >= 15 is 0 Å². The summed E-state index contributed by atoms with van der Waals surface area (Å²) in [7, 11) is 0. The van der Waals surface area contributed by atoms with E-state index in [4.69, 9.17) is 0 Å². The SMILES string of the molecule is O=Cc1ccc(F)c(N(OC(F)(F)F)C(=O)c2ccccc2)c1. The van der Waals surface area contributed by atoms with Crippen LogP contribution >= 0.6 is 0 Å². The number of anilines is 1. The average molecular weight is 327 g/mol. The highest BCUT2D eigenvalue weighted by Gasteiger charge is 2.37. The molecule has 0 aromatic heterocycles. The topological polar surface area (TPSA) is 46.6 Å². The molecule has 4 nitrogen and oxygen atoms in total. The number of alkyl halides is 3. The fourth-order valence-electron chi connectivity index (χ4n) is 1.76. The van der Waals surface area contributed by atoms with Gasteiger partial charge in [-0.25, -0.2) is 4.39 Å². The maximum Gasteiger partial charge on any atom is 0.544 e. The van der Waals surface area contributed by atoms with E-state index in [9.17, 15) is 27.2 Å². The van der Waals surface area contributed by atoms with Gasteiger partial charge in [-0.05, 0) is 30.3 Å². The Morgan fingerprint density at radius 2 is 1.74 bits per heavy atom. The van der Waals surface area contributed by atoms with Crippen LogP contribution in [0.5, 0.6) is 0 Å². The molecule has 0 bridgehead atoms. The zero-order valence-electron chi connectivity index (χ0n) is 11.4. The lowest BCUT2D eigenvalue weighted by atomic mass is 10.1. The molecule has 0 aliphatic heterocycles. The lowest BCUT2D eigenvalue weighted by Gasteiger charge is -2.23. The molecule has 0 saturated heterocycles. The monoisotopic (exact) mass is 327 g/mol. The minimum Gasteiger partial charge on any atom is -0.298 e. The van der Waals surface area contributed by atoms with Crippen LogP contribution in [0.4, 0.5) is 23.2 Å². The van der Waals surface area contributed by atoms with Crippen LogP contribution in [0.25, 0.3) is 0 Å². The lowest BCUT2D eigenvalue weighted by Crippen LogP contribution is -2.37. The van der Waals surface area contributed by atoms with Crippen molar-refractivity contribution in [3.63, 3.8) is 0 Å². The van der Waals surface area contributed by atoms with E-state index in [2.05, 4.69) is 4.84 Å². The van der Waals surface area contributed by atoms with Crippen molar-refractivity contribution in [3.8, 4) is 0 Å². The van der Waals surface area contributed by atoms with E-state index in [-0.39, 0.29) is 16.2 Å². The van der Waals surface area contributed by atoms with E-state index in [0.717, 1.165) is 18.2 Å². The first-order valence-electron chi connectivity index (χ1n) is 6.22. The highest BCUT2D eigenvalue weighted by atomic mass is 19.4. The van der Waals surface area contributed by atoms with Gasteiger partial charge in [0.05, 0.1) is 0 Å². The standard InChI is InChI=1S/C15H9F4NO3/c16-12-7-6-10(9-21)8-13(12)20(23-15(17,18)19)14(22)11-4-2-1-3-5-11/h1-9H. The fraction of sp³-hybridized carbons (Fsp3) is 0.0667. The van der Waals surface area contributed by atoms with Crippen molar-refractivity contribution in [2.24, 2.45) is 0 Å². The van der Waals surface area contributed by atoms with Gasteiger partial charge in [0, 0.05) is 11.1 Å². The molecule has 2 rings (SSSR count). The quantitative estimate of drug-likeness (QED) is 0.488. The molecule has 0 spiro atoms.